The van der Waals surface area contributed by atoms with Gasteiger partial charge in [-0.05, 0) is 73.8 Å². The van der Waals surface area contributed by atoms with Crippen LogP contribution in [0.15, 0.2) is 42.5 Å². The van der Waals surface area contributed by atoms with Crippen LogP contribution in [-0.2, 0) is 22.2 Å². The van der Waals surface area contributed by atoms with E-state index < -0.39 is 22.8 Å². The van der Waals surface area contributed by atoms with Gasteiger partial charge in [-0.15, -0.1) is 0 Å². The lowest BCUT2D eigenvalue weighted by atomic mass is 9.75. The number of nitriles is 1. The molecule has 0 N–H and O–H groups in total. The molecule has 1 spiro atoms. The molecule has 0 bridgehead atoms. The lowest BCUT2D eigenvalue weighted by Crippen LogP contribution is -2.55. The third-order valence-electron chi connectivity index (χ3n) is 6.03. The van der Waals surface area contributed by atoms with Crippen LogP contribution in [0.3, 0.4) is 0 Å². The molecule has 1 heterocycles. The summed E-state index contributed by atoms with van der Waals surface area (Å²) >= 11 is 5.59. The second-order valence-electron chi connectivity index (χ2n) is 7.85. The van der Waals surface area contributed by atoms with Gasteiger partial charge in [0.1, 0.15) is 11.8 Å². The lowest BCUT2D eigenvalue weighted by molar-refractivity contribution is -0.137. The van der Waals surface area contributed by atoms with Gasteiger partial charge in [-0.3, -0.25) is 9.69 Å². The lowest BCUT2D eigenvalue weighted by Gasteiger charge is -2.43. The Morgan fingerprint density at radius 3 is 2.31 bits per heavy atom. The quantitative estimate of drug-likeness (QED) is 0.478. The van der Waals surface area contributed by atoms with Crippen molar-refractivity contribution in [2.45, 2.75) is 43.8 Å². The van der Waals surface area contributed by atoms with E-state index in [2.05, 4.69) is 0 Å². The van der Waals surface area contributed by atoms with Crippen molar-refractivity contribution in [1.82, 2.24) is 0 Å². The molecule has 164 valence electrons. The summed E-state index contributed by atoms with van der Waals surface area (Å²) in [6.45, 7) is 0. The Labute approximate surface area is 188 Å². The second-order valence-corrected chi connectivity index (χ2v) is 8.22. The summed E-state index contributed by atoms with van der Waals surface area (Å²) < 4.78 is 40.4. The van der Waals surface area contributed by atoms with Crippen molar-refractivity contribution in [2.75, 3.05) is 9.80 Å². The van der Waals surface area contributed by atoms with Gasteiger partial charge in [-0.25, -0.2) is 0 Å². The van der Waals surface area contributed by atoms with Crippen molar-refractivity contribution in [3.05, 3.63) is 59.2 Å². The maximum Gasteiger partial charge on any atom is 0.417 e. The molecule has 32 heavy (non-hydrogen) atoms. The third kappa shape index (κ3) is 3.45. The minimum atomic E-state index is -4.74. The molecule has 2 aromatic rings. The number of anilines is 2. The van der Waals surface area contributed by atoms with Gasteiger partial charge >= 0.3 is 6.18 Å². The molecule has 2 fully saturated rings. The molecule has 0 aromatic heterocycles. The number of rotatable bonds is 5. The molecule has 1 aliphatic heterocycles. The summed E-state index contributed by atoms with van der Waals surface area (Å²) in [5, 5.41) is 9.16. The zero-order chi connectivity index (χ0) is 23.1. The van der Waals surface area contributed by atoms with Crippen LogP contribution in [-0.4, -0.2) is 22.8 Å². The highest BCUT2D eigenvalue weighted by molar-refractivity contribution is 7.81. The van der Waals surface area contributed by atoms with Gasteiger partial charge in [0, 0.05) is 12.1 Å². The van der Waals surface area contributed by atoms with Crippen LogP contribution in [0.2, 0.25) is 0 Å². The Hall–Kier alpha value is -3.25. The van der Waals surface area contributed by atoms with E-state index in [4.69, 9.17) is 17.5 Å². The smallest absolute Gasteiger partial charge is 0.303 e. The maximum absolute atomic E-state index is 13.5. The van der Waals surface area contributed by atoms with Crippen LogP contribution in [0, 0.1) is 11.3 Å². The Balaban J connectivity index is 1.74. The van der Waals surface area contributed by atoms with E-state index in [1.807, 2.05) is 24.3 Å². The first kappa shape index (κ1) is 22.0. The van der Waals surface area contributed by atoms with Crippen LogP contribution in [0.4, 0.5) is 24.5 Å². The number of aldehydes is 1. The van der Waals surface area contributed by atoms with Crippen molar-refractivity contribution >= 4 is 40.9 Å². The molecule has 1 saturated heterocycles. The molecule has 2 aromatic carbocycles. The molecule has 4 rings (SSSR count). The summed E-state index contributed by atoms with van der Waals surface area (Å²) in [5.41, 5.74) is -0.923. The van der Waals surface area contributed by atoms with Crippen LogP contribution in [0.25, 0.3) is 0 Å². The number of carbonyl (C=O) groups is 2. The number of amides is 1. The fourth-order valence-electron chi connectivity index (χ4n) is 4.25. The first-order valence-electron chi connectivity index (χ1n) is 10.1. The van der Waals surface area contributed by atoms with Gasteiger partial charge < -0.3 is 9.69 Å². The average Bonchev–Trinajstić information content (AvgIpc) is 2.98. The topological polar surface area (TPSA) is 64.4 Å². The van der Waals surface area contributed by atoms with Gasteiger partial charge in [-0.2, -0.15) is 18.4 Å². The Morgan fingerprint density at radius 2 is 1.78 bits per heavy atom. The third-order valence-corrected chi connectivity index (χ3v) is 6.39. The summed E-state index contributed by atoms with van der Waals surface area (Å²) in [6.07, 6.45) is -1.02. The number of hydrogen-bond acceptors (Lipinski definition) is 4. The van der Waals surface area contributed by atoms with E-state index in [1.165, 1.54) is 6.07 Å². The maximum atomic E-state index is 13.5. The van der Waals surface area contributed by atoms with Crippen molar-refractivity contribution in [2.24, 2.45) is 0 Å². The molecule has 2 aliphatic rings. The highest BCUT2D eigenvalue weighted by Crippen LogP contribution is 2.48. The molecule has 1 aliphatic carbocycles. The van der Waals surface area contributed by atoms with Crippen molar-refractivity contribution in [3.8, 4) is 6.07 Å². The van der Waals surface area contributed by atoms with E-state index in [0.29, 0.717) is 31.4 Å². The van der Waals surface area contributed by atoms with E-state index in [0.717, 1.165) is 35.3 Å². The summed E-state index contributed by atoms with van der Waals surface area (Å²) in [7, 11) is 0. The number of hydrogen-bond donors (Lipinski definition) is 0. The zero-order valence-corrected chi connectivity index (χ0v) is 17.7. The monoisotopic (exact) mass is 457 g/mol. The Bertz CT molecular complexity index is 1130. The van der Waals surface area contributed by atoms with Crippen LogP contribution >= 0.6 is 12.2 Å². The molecular formula is C23H18F3N3O2S. The van der Waals surface area contributed by atoms with Crippen molar-refractivity contribution in [3.63, 3.8) is 0 Å². The molecule has 0 atom stereocenters. The number of benzene rings is 2. The Kier molecular flexibility index (Phi) is 5.51. The standard InChI is InChI=1S/C23H18F3N3O2S/c24-23(25,26)19-13-18(9-6-16(19)14-27)28-20(31)22(10-2-11-22)29(21(28)32)17-7-4-15(5-8-17)3-1-12-30/h4-9,12-13H,1-3,10-11H2. The number of aryl methyl sites for hydroxylation is 1. The molecule has 0 unspecified atom stereocenters. The summed E-state index contributed by atoms with van der Waals surface area (Å²) in [6, 6.07) is 12.1. The molecule has 1 saturated carbocycles. The fourth-order valence-corrected chi connectivity index (χ4v) is 4.72. The van der Waals surface area contributed by atoms with Crippen molar-refractivity contribution < 1.29 is 22.8 Å². The molecule has 0 radical (unpaired) electrons. The predicted octanol–water partition coefficient (Wildman–Crippen LogP) is 4.77. The average molecular weight is 457 g/mol. The van der Waals surface area contributed by atoms with Crippen LogP contribution in [0.1, 0.15) is 42.4 Å². The summed E-state index contributed by atoms with van der Waals surface area (Å²) in [5.74, 6) is -0.364. The SMILES string of the molecule is N#Cc1ccc(N2C(=O)C3(CCC3)N(c3ccc(CCC=O)cc3)C2=S)cc1C(F)(F)F. The fraction of sp³-hybridized carbons (Fsp3) is 0.304. The number of halogens is 3. The first-order chi connectivity index (χ1) is 15.2. The molecular weight excluding hydrogens is 439 g/mol. The van der Waals surface area contributed by atoms with E-state index in [-0.39, 0.29) is 16.7 Å². The van der Waals surface area contributed by atoms with E-state index in [9.17, 15) is 22.8 Å². The summed E-state index contributed by atoms with van der Waals surface area (Å²) in [4.78, 5) is 26.9. The van der Waals surface area contributed by atoms with Gasteiger partial charge in [0.25, 0.3) is 5.91 Å². The van der Waals surface area contributed by atoms with Crippen LogP contribution in [0.5, 0.6) is 0 Å². The Morgan fingerprint density at radius 1 is 1.12 bits per heavy atom. The van der Waals surface area contributed by atoms with Gasteiger partial charge in [-0.1, -0.05) is 12.1 Å². The second kappa shape index (κ2) is 8.02. The minimum absolute atomic E-state index is 0.0114. The van der Waals surface area contributed by atoms with E-state index >= 15 is 0 Å². The number of thiocarbonyl (C=S) groups is 1. The highest BCUT2D eigenvalue weighted by atomic mass is 32.1. The van der Waals surface area contributed by atoms with Crippen LogP contribution < -0.4 is 9.80 Å². The highest BCUT2D eigenvalue weighted by Gasteiger charge is 2.59. The van der Waals surface area contributed by atoms with Crippen molar-refractivity contribution in [1.29, 1.82) is 5.26 Å². The number of nitrogens with zero attached hydrogens (tertiary/aromatic N) is 3. The molecule has 1 amide bonds. The van der Waals surface area contributed by atoms with Gasteiger partial charge in [0.15, 0.2) is 5.11 Å². The number of alkyl halides is 3. The zero-order valence-electron chi connectivity index (χ0n) is 16.9. The largest absolute Gasteiger partial charge is 0.417 e. The molecule has 5 nitrogen and oxygen atoms in total. The minimum Gasteiger partial charge on any atom is -0.303 e. The normalized spacial score (nSPS) is 17.4. The van der Waals surface area contributed by atoms with Gasteiger partial charge in [0.05, 0.1) is 22.9 Å². The molecule has 9 heteroatoms. The first-order valence-corrected chi connectivity index (χ1v) is 10.5. The van der Waals surface area contributed by atoms with Gasteiger partial charge in [0.2, 0.25) is 0 Å². The predicted molar refractivity (Wildman–Crippen MR) is 116 cm³/mol. The van der Waals surface area contributed by atoms with E-state index in [1.54, 1.807) is 11.0 Å². The number of carbonyl (C=O) groups excluding carboxylic acids is 2.